The fourth-order valence-electron chi connectivity index (χ4n) is 4.13. The van der Waals surface area contributed by atoms with Gasteiger partial charge < -0.3 is 9.47 Å². The molecule has 2 bridgehead atoms. The van der Waals surface area contributed by atoms with Gasteiger partial charge in [-0.25, -0.2) is 0 Å². The lowest BCUT2D eigenvalue weighted by Gasteiger charge is -2.30. The van der Waals surface area contributed by atoms with E-state index in [4.69, 9.17) is 9.47 Å². The summed E-state index contributed by atoms with van der Waals surface area (Å²) in [6.07, 6.45) is 6.30. The average molecular weight is 337 g/mol. The van der Waals surface area contributed by atoms with Crippen molar-refractivity contribution in [2.24, 2.45) is 0 Å². The summed E-state index contributed by atoms with van der Waals surface area (Å²) in [6.45, 7) is 3.97. The summed E-state index contributed by atoms with van der Waals surface area (Å²) < 4.78 is 11.1. The van der Waals surface area contributed by atoms with E-state index in [1.165, 1.54) is 41.2 Å². The topological polar surface area (TPSA) is 21.7 Å². The summed E-state index contributed by atoms with van der Waals surface area (Å²) >= 11 is 0. The summed E-state index contributed by atoms with van der Waals surface area (Å²) in [5, 5.41) is 2.51. The third-order valence-electron chi connectivity index (χ3n) is 5.63. The number of likely N-dealkylation sites (N-methyl/N-ethyl adjacent to an activating group) is 1. The second-order valence-corrected chi connectivity index (χ2v) is 7.13. The molecule has 0 spiro atoms. The number of fused-ring (bicyclic) bond motifs is 3. The number of hydrogen-bond acceptors (Lipinski definition) is 3. The van der Waals surface area contributed by atoms with E-state index in [1.54, 1.807) is 0 Å². The molecule has 2 aromatic carbocycles. The van der Waals surface area contributed by atoms with E-state index in [1.807, 2.05) is 6.92 Å². The molecule has 3 nitrogen and oxygen atoms in total. The fraction of sp³-hybridized carbons (Fsp3) is 0.455. The molecular weight excluding hydrogens is 310 g/mol. The molecule has 1 fully saturated rings. The van der Waals surface area contributed by atoms with Gasteiger partial charge in [-0.2, -0.15) is 0 Å². The molecule has 2 aliphatic rings. The molecule has 3 heteroatoms. The van der Waals surface area contributed by atoms with Crippen LogP contribution in [0.5, 0.6) is 5.75 Å². The summed E-state index contributed by atoms with van der Waals surface area (Å²) in [7, 11) is 2.27. The third kappa shape index (κ3) is 3.44. The summed E-state index contributed by atoms with van der Waals surface area (Å²) in [6, 6.07) is 14.5. The maximum Gasteiger partial charge on any atom is 0.120 e. The Hall–Kier alpha value is -1.84. The number of rotatable bonds is 6. The van der Waals surface area contributed by atoms with Crippen LogP contribution >= 0.6 is 0 Å². The standard InChI is InChI=1S/C22H27NO2/c1-3-24-10-11-25-22-9-6-16-12-17(4-5-18(16)15-22)19-13-20-7-8-21(14-19)23(20)2/h4-6,9,12-13,15,20-21H,3,7-8,10-11,14H2,1-2H3. The molecule has 2 aromatic rings. The monoisotopic (exact) mass is 337 g/mol. The van der Waals surface area contributed by atoms with Crippen LogP contribution in [0.2, 0.25) is 0 Å². The predicted molar refractivity (Wildman–Crippen MR) is 103 cm³/mol. The van der Waals surface area contributed by atoms with E-state index in [0.29, 0.717) is 19.3 Å². The van der Waals surface area contributed by atoms with Crippen molar-refractivity contribution in [3.8, 4) is 5.75 Å². The quantitative estimate of drug-likeness (QED) is 0.724. The molecule has 1 saturated heterocycles. The Bertz CT molecular complexity index is 783. The minimum atomic E-state index is 0.598. The van der Waals surface area contributed by atoms with Gasteiger partial charge >= 0.3 is 0 Å². The first-order chi connectivity index (χ1) is 12.2. The zero-order chi connectivity index (χ0) is 17.2. The first-order valence-corrected chi connectivity index (χ1v) is 9.42. The number of nitrogens with zero attached hydrogens (tertiary/aromatic N) is 1. The highest BCUT2D eigenvalue weighted by Crippen LogP contribution is 2.38. The van der Waals surface area contributed by atoms with Gasteiger partial charge in [-0.3, -0.25) is 4.90 Å². The lowest BCUT2D eigenvalue weighted by Crippen LogP contribution is -2.34. The molecule has 2 atom stereocenters. The molecule has 2 unspecified atom stereocenters. The minimum absolute atomic E-state index is 0.598. The van der Waals surface area contributed by atoms with Gasteiger partial charge in [-0.05, 0) is 73.3 Å². The summed E-state index contributed by atoms with van der Waals surface area (Å²) in [5.74, 6) is 0.913. The van der Waals surface area contributed by atoms with Crippen molar-refractivity contribution in [2.75, 3.05) is 26.9 Å². The smallest absolute Gasteiger partial charge is 0.120 e. The molecule has 2 heterocycles. The fourth-order valence-corrected chi connectivity index (χ4v) is 4.13. The predicted octanol–water partition coefficient (Wildman–Crippen LogP) is 4.51. The molecule has 0 aliphatic carbocycles. The highest BCUT2D eigenvalue weighted by molar-refractivity contribution is 5.87. The van der Waals surface area contributed by atoms with Gasteiger partial charge in [0.1, 0.15) is 12.4 Å². The van der Waals surface area contributed by atoms with Crippen molar-refractivity contribution in [2.45, 2.75) is 38.3 Å². The lowest BCUT2D eigenvalue weighted by molar-refractivity contribution is 0.110. The zero-order valence-electron chi connectivity index (χ0n) is 15.2. The van der Waals surface area contributed by atoms with Crippen molar-refractivity contribution in [1.29, 1.82) is 0 Å². The van der Waals surface area contributed by atoms with Crippen molar-refractivity contribution in [3.63, 3.8) is 0 Å². The molecule has 0 N–H and O–H groups in total. The minimum Gasteiger partial charge on any atom is -0.491 e. The van der Waals surface area contributed by atoms with Crippen LogP contribution in [0.25, 0.3) is 16.3 Å². The van der Waals surface area contributed by atoms with E-state index in [0.717, 1.165) is 18.4 Å². The van der Waals surface area contributed by atoms with E-state index in [9.17, 15) is 0 Å². The summed E-state index contributed by atoms with van der Waals surface area (Å²) in [4.78, 5) is 2.54. The van der Waals surface area contributed by atoms with Crippen LogP contribution in [-0.4, -0.2) is 43.9 Å². The largest absolute Gasteiger partial charge is 0.491 e. The molecule has 2 aliphatic heterocycles. The summed E-state index contributed by atoms with van der Waals surface area (Å²) in [5.41, 5.74) is 2.90. The van der Waals surface area contributed by atoms with Gasteiger partial charge in [-0.1, -0.05) is 24.3 Å². The Kier molecular flexibility index (Phi) is 4.78. The van der Waals surface area contributed by atoms with Crippen LogP contribution in [0, 0.1) is 0 Å². The van der Waals surface area contributed by atoms with Gasteiger partial charge in [0.25, 0.3) is 0 Å². The normalized spacial score (nSPS) is 23.0. The second-order valence-electron chi connectivity index (χ2n) is 7.13. The van der Waals surface area contributed by atoms with Gasteiger partial charge in [0.05, 0.1) is 6.61 Å². The second kappa shape index (κ2) is 7.19. The number of benzene rings is 2. The molecule has 0 radical (unpaired) electrons. The third-order valence-corrected chi connectivity index (χ3v) is 5.63. The number of ether oxygens (including phenoxy) is 2. The lowest BCUT2D eigenvalue weighted by atomic mass is 9.93. The SMILES string of the molecule is CCOCCOc1ccc2cc(C3=CC4CCC(C3)N4C)ccc2c1. The molecular formula is C22H27NO2. The molecule has 4 rings (SSSR count). The Morgan fingerprint density at radius 2 is 1.88 bits per heavy atom. The van der Waals surface area contributed by atoms with Crippen LogP contribution in [-0.2, 0) is 4.74 Å². The van der Waals surface area contributed by atoms with Crippen LogP contribution in [0.4, 0.5) is 0 Å². The van der Waals surface area contributed by atoms with Crippen LogP contribution in [0.15, 0.2) is 42.5 Å². The first-order valence-electron chi connectivity index (χ1n) is 9.42. The number of hydrogen-bond donors (Lipinski definition) is 0. The van der Waals surface area contributed by atoms with Crippen molar-refractivity contribution in [3.05, 3.63) is 48.0 Å². The molecule has 25 heavy (non-hydrogen) atoms. The van der Waals surface area contributed by atoms with E-state index in [2.05, 4.69) is 54.4 Å². The van der Waals surface area contributed by atoms with Crippen LogP contribution in [0.3, 0.4) is 0 Å². The highest BCUT2D eigenvalue weighted by Gasteiger charge is 2.33. The Morgan fingerprint density at radius 1 is 1.04 bits per heavy atom. The Labute approximate surface area is 150 Å². The average Bonchev–Trinajstić information content (AvgIpc) is 2.85. The van der Waals surface area contributed by atoms with Crippen molar-refractivity contribution < 1.29 is 9.47 Å². The van der Waals surface area contributed by atoms with E-state index >= 15 is 0 Å². The van der Waals surface area contributed by atoms with Gasteiger partial charge in [0, 0.05) is 18.7 Å². The van der Waals surface area contributed by atoms with Gasteiger partial charge in [0.15, 0.2) is 0 Å². The van der Waals surface area contributed by atoms with Crippen LogP contribution in [0.1, 0.15) is 31.7 Å². The first kappa shape index (κ1) is 16.6. The van der Waals surface area contributed by atoms with Crippen molar-refractivity contribution >= 4 is 16.3 Å². The molecule has 0 aromatic heterocycles. The Balaban J connectivity index is 1.52. The molecule has 132 valence electrons. The van der Waals surface area contributed by atoms with Gasteiger partial charge in [0.2, 0.25) is 0 Å². The van der Waals surface area contributed by atoms with E-state index < -0.39 is 0 Å². The van der Waals surface area contributed by atoms with E-state index in [-0.39, 0.29) is 0 Å². The highest BCUT2D eigenvalue weighted by atomic mass is 16.5. The molecule has 0 amide bonds. The Morgan fingerprint density at radius 3 is 2.72 bits per heavy atom. The molecule has 0 saturated carbocycles. The van der Waals surface area contributed by atoms with Gasteiger partial charge in [-0.15, -0.1) is 0 Å². The maximum atomic E-state index is 5.77. The van der Waals surface area contributed by atoms with Crippen molar-refractivity contribution in [1.82, 2.24) is 4.90 Å². The van der Waals surface area contributed by atoms with Crippen LogP contribution < -0.4 is 4.74 Å². The zero-order valence-corrected chi connectivity index (χ0v) is 15.2. The maximum absolute atomic E-state index is 5.77.